The van der Waals surface area contributed by atoms with Crippen molar-refractivity contribution in [1.29, 1.82) is 0 Å². The average Bonchev–Trinajstić information content (AvgIpc) is 2.47. The second-order valence-corrected chi connectivity index (χ2v) is 3.75. The maximum atomic E-state index is 2.25. The third-order valence-electron chi connectivity index (χ3n) is 2.55. The normalized spacial score (nSPS) is 10.7. The van der Waals surface area contributed by atoms with Gasteiger partial charge in [-0.25, -0.2) is 0 Å². The molecule has 0 N–H and O–H groups in total. The van der Waals surface area contributed by atoms with Crippen LogP contribution in [0.4, 0.5) is 0 Å². The number of hydrogen-bond acceptors (Lipinski definition) is 0. The summed E-state index contributed by atoms with van der Waals surface area (Å²) in [5, 5.41) is 0. The van der Waals surface area contributed by atoms with Gasteiger partial charge >= 0.3 is 0 Å². The minimum atomic E-state index is 1.34. The van der Waals surface area contributed by atoms with E-state index in [0.29, 0.717) is 0 Å². The van der Waals surface area contributed by atoms with Gasteiger partial charge in [0.05, 0.1) is 0 Å². The molecular formula is C13H14. The highest BCUT2D eigenvalue weighted by Gasteiger charge is 2.06. The molecule has 0 aromatic carbocycles. The van der Waals surface area contributed by atoms with Crippen LogP contribution in [0.1, 0.15) is 16.7 Å². The van der Waals surface area contributed by atoms with E-state index in [1.165, 1.54) is 27.8 Å². The predicted octanol–water partition coefficient (Wildman–Crippen LogP) is 3.72. The van der Waals surface area contributed by atoms with Crippen LogP contribution in [-0.4, -0.2) is 0 Å². The Hall–Kier alpha value is -1.30. The minimum Gasteiger partial charge on any atom is -0.0610 e. The fourth-order valence-electron chi connectivity index (χ4n) is 1.99. The zero-order valence-corrected chi connectivity index (χ0v) is 8.39. The van der Waals surface area contributed by atoms with Crippen molar-refractivity contribution >= 4 is 0 Å². The molecule has 0 fully saturated rings. The van der Waals surface area contributed by atoms with E-state index < -0.39 is 0 Å². The smallest absolute Gasteiger partial charge is 0.0152 e. The Bertz CT molecular complexity index is 376. The van der Waals surface area contributed by atoms with Crippen molar-refractivity contribution in [2.75, 3.05) is 0 Å². The lowest BCUT2D eigenvalue weighted by molar-refractivity contribution is 1.42. The third kappa shape index (κ3) is 1.33. The van der Waals surface area contributed by atoms with E-state index in [1.54, 1.807) is 0 Å². The van der Waals surface area contributed by atoms with Crippen molar-refractivity contribution < 1.29 is 0 Å². The predicted molar refractivity (Wildman–Crippen MR) is 57.3 cm³/mol. The first-order valence-corrected chi connectivity index (χ1v) is 4.65. The largest absolute Gasteiger partial charge is 0.0610 e. The average molecular weight is 170 g/mol. The molecule has 0 radical (unpaired) electrons. The van der Waals surface area contributed by atoms with Crippen molar-refractivity contribution in [3.05, 3.63) is 47.0 Å². The lowest BCUT2D eigenvalue weighted by Crippen LogP contribution is -1.75. The third-order valence-corrected chi connectivity index (χ3v) is 2.55. The molecule has 0 aromatic heterocycles. The Labute approximate surface area is 79.6 Å². The van der Waals surface area contributed by atoms with Gasteiger partial charge in [0, 0.05) is 0 Å². The highest BCUT2D eigenvalue weighted by atomic mass is 14.1. The number of rotatable bonds is 0. The Morgan fingerprint density at radius 1 is 0.769 bits per heavy atom. The molecule has 66 valence electrons. The first-order chi connectivity index (χ1) is 6.18. The van der Waals surface area contributed by atoms with Crippen molar-refractivity contribution in [2.24, 2.45) is 0 Å². The van der Waals surface area contributed by atoms with Crippen LogP contribution >= 0.6 is 0 Å². The van der Waals surface area contributed by atoms with E-state index >= 15 is 0 Å². The second-order valence-electron chi connectivity index (χ2n) is 3.75. The van der Waals surface area contributed by atoms with Gasteiger partial charge in [-0.2, -0.15) is 0 Å². The molecule has 0 atom stereocenters. The molecule has 0 saturated heterocycles. The van der Waals surface area contributed by atoms with Crippen LogP contribution in [0.2, 0.25) is 0 Å². The SMILES string of the molecule is Cc1cc(C)c2cccc-2c(C)c1. The Morgan fingerprint density at radius 2 is 1.23 bits per heavy atom. The Kier molecular flexibility index (Phi) is 1.84. The van der Waals surface area contributed by atoms with Crippen LogP contribution < -0.4 is 0 Å². The van der Waals surface area contributed by atoms with Gasteiger partial charge in [-0.1, -0.05) is 35.9 Å². The summed E-state index contributed by atoms with van der Waals surface area (Å²) >= 11 is 0. The van der Waals surface area contributed by atoms with E-state index in [4.69, 9.17) is 0 Å². The van der Waals surface area contributed by atoms with Gasteiger partial charge < -0.3 is 0 Å². The van der Waals surface area contributed by atoms with Gasteiger partial charge in [-0.15, -0.1) is 0 Å². The summed E-state index contributed by atoms with van der Waals surface area (Å²) in [6.45, 7) is 6.50. The topological polar surface area (TPSA) is 0 Å². The van der Waals surface area contributed by atoms with E-state index in [1.807, 2.05) is 0 Å². The molecule has 0 spiro atoms. The molecule has 2 rings (SSSR count). The molecule has 0 bridgehead atoms. The van der Waals surface area contributed by atoms with Gasteiger partial charge in [0.15, 0.2) is 0 Å². The van der Waals surface area contributed by atoms with Crippen LogP contribution in [0.5, 0.6) is 0 Å². The van der Waals surface area contributed by atoms with Crippen LogP contribution in [0.25, 0.3) is 11.1 Å². The monoisotopic (exact) mass is 170 g/mol. The highest BCUT2D eigenvalue weighted by Crippen LogP contribution is 2.29. The Balaban J connectivity index is 2.85. The summed E-state index contributed by atoms with van der Waals surface area (Å²) < 4.78 is 0. The van der Waals surface area contributed by atoms with Crippen molar-refractivity contribution in [3.8, 4) is 11.1 Å². The van der Waals surface area contributed by atoms with Crippen molar-refractivity contribution in [2.45, 2.75) is 20.8 Å². The first-order valence-electron chi connectivity index (χ1n) is 4.65. The molecule has 0 unspecified atom stereocenters. The molecule has 2 aliphatic carbocycles. The molecule has 2 aliphatic rings. The maximum Gasteiger partial charge on any atom is -0.0152 e. The zero-order valence-electron chi connectivity index (χ0n) is 8.39. The van der Waals surface area contributed by atoms with Gasteiger partial charge in [-0.3, -0.25) is 0 Å². The van der Waals surface area contributed by atoms with E-state index in [9.17, 15) is 0 Å². The lowest BCUT2D eigenvalue weighted by Gasteiger charge is -1.98. The minimum absolute atomic E-state index is 1.34. The zero-order chi connectivity index (χ0) is 9.42. The summed E-state index contributed by atoms with van der Waals surface area (Å²) in [4.78, 5) is 0. The fourth-order valence-corrected chi connectivity index (χ4v) is 1.99. The summed E-state index contributed by atoms with van der Waals surface area (Å²) in [5.74, 6) is 0. The van der Waals surface area contributed by atoms with Gasteiger partial charge in [0.2, 0.25) is 0 Å². The summed E-state index contributed by atoms with van der Waals surface area (Å²) in [6.07, 6.45) is 0. The molecule has 0 saturated carbocycles. The van der Waals surface area contributed by atoms with E-state index in [0.717, 1.165) is 0 Å². The van der Waals surface area contributed by atoms with Crippen LogP contribution in [0, 0.1) is 20.8 Å². The standard InChI is InChI=1S/C13H14/c1-9-7-10(2)12-5-4-6-13(12)11(3)8-9/h4-8H,1-3H3. The fraction of sp³-hybridized carbons (Fsp3) is 0.231. The summed E-state index contributed by atoms with van der Waals surface area (Å²) in [5.41, 5.74) is 6.83. The molecule has 0 aromatic rings. The van der Waals surface area contributed by atoms with Crippen molar-refractivity contribution in [3.63, 3.8) is 0 Å². The molecule has 13 heavy (non-hydrogen) atoms. The van der Waals surface area contributed by atoms with Crippen LogP contribution in [0.15, 0.2) is 30.3 Å². The van der Waals surface area contributed by atoms with Crippen LogP contribution in [-0.2, 0) is 0 Å². The quantitative estimate of drug-likeness (QED) is 0.565. The van der Waals surface area contributed by atoms with Gasteiger partial charge in [0.1, 0.15) is 0 Å². The molecule has 0 aliphatic heterocycles. The van der Waals surface area contributed by atoms with Gasteiger partial charge in [0.25, 0.3) is 0 Å². The molecule has 0 nitrogen and oxygen atoms in total. The van der Waals surface area contributed by atoms with Crippen molar-refractivity contribution in [1.82, 2.24) is 0 Å². The van der Waals surface area contributed by atoms with E-state index in [2.05, 4.69) is 51.1 Å². The Morgan fingerprint density at radius 3 is 1.69 bits per heavy atom. The van der Waals surface area contributed by atoms with Gasteiger partial charge in [-0.05, 0) is 43.0 Å². The highest BCUT2D eigenvalue weighted by molar-refractivity contribution is 5.72. The molecule has 0 heterocycles. The molecule has 0 heteroatoms. The van der Waals surface area contributed by atoms with E-state index in [-0.39, 0.29) is 0 Å². The van der Waals surface area contributed by atoms with Crippen LogP contribution in [0.3, 0.4) is 0 Å². The first kappa shape index (κ1) is 8.31. The number of fused-ring (bicyclic) bond motifs is 1. The molecule has 0 amide bonds. The summed E-state index contributed by atoms with van der Waals surface area (Å²) in [7, 11) is 0. The second kappa shape index (κ2) is 2.88. The number of hydrogen-bond donors (Lipinski definition) is 0. The molecular weight excluding hydrogens is 156 g/mol. The number of aryl methyl sites for hydroxylation is 3. The maximum absolute atomic E-state index is 2.25. The summed E-state index contributed by atoms with van der Waals surface area (Å²) in [6, 6.07) is 11.0. The lowest BCUT2D eigenvalue weighted by atomic mass is 10.1.